The van der Waals surface area contributed by atoms with E-state index in [0.717, 1.165) is 6.29 Å². The van der Waals surface area contributed by atoms with Crippen LogP contribution in [-0.4, -0.2) is 18.0 Å². The molecule has 11 heavy (non-hydrogen) atoms. The molecule has 0 aromatic carbocycles. The number of hydrogen-bond acceptors (Lipinski definition) is 5. The van der Waals surface area contributed by atoms with E-state index in [0.29, 0.717) is 0 Å². The van der Waals surface area contributed by atoms with Crippen LogP contribution in [-0.2, 0) is 47.5 Å². The van der Waals surface area contributed by atoms with E-state index in [-0.39, 0.29) is 24.0 Å². The number of carbonyl (C=O) groups is 1. The number of hydrogen-bond donors (Lipinski definition) is 1. The molecule has 1 N–H and O–H groups in total. The second-order valence-corrected chi connectivity index (χ2v) is 1.39. The number of rotatable bonds is 0. The zero-order valence-electron chi connectivity index (χ0n) is 6.18. The summed E-state index contributed by atoms with van der Waals surface area (Å²) in [6.45, 7) is 3.38. The molecule has 5 nitrogen and oxygen atoms in total. The van der Waals surface area contributed by atoms with Gasteiger partial charge in [-0.3, -0.25) is 0 Å². The van der Waals surface area contributed by atoms with Gasteiger partial charge in [0.05, 0.1) is 0 Å². The number of aliphatic hydroxyl groups is 1. The molecule has 0 saturated heterocycles. The Morgan fingerprint density at radius 2 is 1.36 bits per heavy atom. The average molecular weight is 242 g/mol. The summed E-state index contributed by atoms with van der Waals surface area (Å²) in [6, 6.07) is 0. The Labute approximate surface area is 79.6 Å². The first-order valence-corrected chi connectivity index (χ1v) is 3.90. The van der Waals surface area contributed by atoms with Crippen molar-refractivity contribution >= 4 is 6.29 Å². The van der Waals surface area contributed by atoms with Crippen molar-refractivity contribution < 1.29 is 52.6 Å². The standard InChI is InChI=1S/C2H6O.C2H4O.2Cr.3O/c2*1-2-3;;;;;/h3H,2H2,1H3;2H,1H3;;;;;. The van der Waals surface area contributed by atoms with Crippen molar-refractivity contribution in [2.24, 2.45) is 0 Å². The second kappa shape index (κ2) is 32.2. The van der Waals surface area contributed by atoms with Crippen LogP contribution in [0, 0.1) is 0 Å². The number of carbonyl (C=O) groups excluding carboxylic acids is 1. The molecule has 0 fully saturated rings. The Morgan fingerprint density at radius 3 is 1.36 bits per heavy atom. The van der Waals surface area contributed by atoms with Crippen LogP contribution < -0.4 is 0 Å². The third-order valence-electron chi connectivity index (χ3n) is 0. The molecular weight excluding hydrogens is 232 g/mol. The third kappa shape index (κ3) is 73400. The predicted octanol–water partition coefficient (Wildman–Crippen LogP) is -0.158. The first kappa shape index (κ1) is 22.5. The van der Waals surface area contributed by atoms with Crippen molar-refractivity contribution in [2.75, 3.05) is 6.61 Å². The molecule has 0 rings (SSSR count). The molecule has 68 valence electrons. The number of aldehydes is 1. The van der Waals surface area contributed by atoms with Gasteiger partial charge in [0.15, 0.2) is 0 Å². The molecule has 0 bridgehead atoms. The zero-order chi connectivity index (χ0) is 8.99. The average Bonchev–Trinajstić information content (AvgIpc) is 1.65. The van der Waals surface area contributed by atoms with Crippen LogP contribution >= 0.6 is 0 Å². The molecule has 0 aliphatic carbocycles. The normalized spacial score (nSPS) is 5.00. The Hall–Kier alpha value is 0.0949. The molecule has 7 heteroatoms. The maximum atomic E-state index is 8.81. The van der Waals surface area contributed by atoms with Crippen LogP contribution in [0.1, 0.15) is 13.8 Å². The summed E-state index contributed by atoms with van der Waals surface area (Å²) in [5, 5.41) is 7.57. The second-order valence-electron chi connectivity index (χ2n) is 0.756. The Morgan fingerprint density at radius 1 is 1.36 bits per heavy atom. The quantitative estimate of drug-likeness (QED) is 0.596. The molecule has 0 aromatic rings. The zero-order valence-corrected chi connectivity index (χ0v) is 8.73. The molecule has 0 spiro atoms. The minimum atomic E-state index is -3.79. The van der Waals surface area contributed by atoms with Crippen molar-refractivity contribution in [1.82, 2.24) is 0 Å². The summed E-state index contributed by atoms with van der Waals surface area (Å²) >= 11 is -3.79. The molecule has 0 heterocycles. The molecule has 0 atom stereocenters. The SMILES string of the molecule is CC=O.CCO.[Cr].[O]=[Cr](=[O])=[O]. The van der Waals surface area contributed by atoms with Gasteiger partial charge in [-0.2, -0.15) is 0 Å². The topological polar surface area (TPSA) is 88.5 Å². The van der Waals surface area contributed by atoms with Gasteiger partial charge in [-0.1, -0.05) is 0 Å². The minimum absolute atomic E-state index is 0. The Kier molecular flexibility index (Phi) is 65.7. The van der Waals surface area contributed by atoms with Crippen molar-refractivity contribution in [1.29, 1.82) is 0 Å². The molecule has 0 radical (unpaired) electrons. The maximum absolute atomic E-state index is 8.81. The monoisotopic (exact) mass is 242 g/mol. The van der Waals surface area contributed by atoms with Gasteiger partial charge in [0, 0.05) is 24.0 Å². The fourth-order valence-electron chi connectivity index (χ4n) is 0. The van der Waals surface area contributed by atoms with E-state index >= 15 is 0 Å². The summed E-state index contributed by atoms with van der Waals surface area (Å²) in [5.74, 6) is 0. The summed E-state index contributed by atoms with van der Waals surface area (Å²) in [7, 11) is 0. The van der Waals surface area contributed by atoms with Crippen LogP contribution in [0.25, 0.3) is 0 Å². The molecule has 0 aliphatic rings. The third-order valence-corrected chi connectivity index (χ3v) is 0. The molecule has 0 amide bonds. The molecular formula is C4H10Cr2O5. The summed E-state index contributed by atoms with van der Waals surface area (Å²) in [4.78, 5) is 8.81. The molecule has 0 unspecified atom stereocenters. The van der Waals surface area contributed by atoms with Crippen LogP contribution in [0.15, 0.2) is 0 Å². The van der Waals surface area contributed by atoms with Gasteiger partial charge in [0.1, 0.15) is 6.29 Å². The van der Waals surface area contributed by atoms with E-state index in [2.05, 4.69) is 0 Å². The Balaban J connectivity index is -0.0000000325. The van der Waals surface area contributed by atoms with E-state index in [4.69, 9.17) is 21.3 Å². The van der Waals surface area contributed by atoms with E-state index in [1.54, 1.807) is 6.92 Å². The van der Waals surface area contributed by atoms with Crippen LogP contribution in [0.3, 0.4) is 0 Å². The van der Waals surface area contributed by atoms with Crippen molar-refractivity contribution in [3.05, 3.63) is 0 Å². The van der Waals surface area contributed by atoms with Gasteiger partial charge in [-0.05, 0) is 13.8 Å². The first-order valence-electron chi connectivity index (χ1n) is 2.34. The van der Waals surface area contributed by atoms with Gasteiger partial charge in [0.2, 0.25) is 0 Å². The van der Waals surface area contributed by atoms with Gasteiger partial charge in [-0.15, -0.1) is 0 Å². The van der Waals surface area contributed by atoms with Gasteiger partial charge in [-0.25, -0.2) is 0 Å². The van der Waals surface area contributed by atoms with Crippen LogP contribution in [0.4, 0.5) is 0 Å². The summed E-state index contributed by atoms with van der Waals surface area (Å²) in [5.41, 5.74) is 0. The summed E-state index contributed by atoms with van der Waals surface area (Å²) in [6.07, 6.45) is 0.750. The van der Waals surface area contributed by atoms with Crippen LogP contribution in [0.2, 0.25) is 0 Å². The molecule has 0 saturated carbocycles. The van der Waals surface area contributed by atoms with Crippen molar-refractivity contribution in [3.63, 3.8) is 0 Å². The van der Waals surface area contributed by atoms with Crippen molar-refractivity contribution in [2.45, 2.75) is 13.8 Å². The van der Waals surface area contributed by atoms with E-state index < -0.39 is 14.0 Å². The van der Waals surface area contributed by atoms with Gasteiger partial charge >= 0.3 is 25.4 Å². The summed E-state index contributed by atoms with van der Waals surface area (Å²) < 4.78 is 25.6. The predicted molar refractivity (Wildman–Crippen MR) is 26.6 cm³/mol. The van der Waals surface area contributed by atoms with Gasteiger partial charge in [0.25, 0.3) is 0 Å². The molecule has 0 aliphatic heterocycles. The van der Waals surface area contributed by atoms with Crippen molar-refractivity contribution in [3.8, 4) is 0 Å². The number of aliphatic hydroxyl groups excluding tert-OH is 1. The van der Waals surface area contributed by atoms with Crippen LogP contribution in [0.5, 0.6) is 0 Å². The Bertz CT molecular complexity index is 128. The molecule has 0 aromatic heterocycles. The van der Waals surface area contributed by atoms with E-state index in [9.17, 15) is 0 Å². The fraction of sp³-hybridized carbons (Fsp3) is 0.750. The van der Waals surface area contributed by atoms with Gasteiger partial charge < -0.3 is 9.90 Å². The van der Waals surface area contributed by atoms with E-state index in [1.165, 1.54) is 6.92 Å². The fourth-order valence-corrected chi connectivity index (χ4v) is 0. The van der Waals surface area contributed by atoms with E-state index in [1.807, 2.05) is 0 Å². The first-order chi connectivity index (χ1) is 4.56.